The Balaban J connectivity index is 1.74. The van der Waals surface area contributed by atoms with Gasteiger partial charge in [0.15, 0.2) is 5.82 Å². The molecule has 1 aromatic carbocycles. The number of carbonyl (C=O) groups excluding carboxylic acids is 1. The summed E-state index contributed by atoms with van der Waals surface area (Å²) in [6.07, 6.45) is 1.60. The van der Waals surface area contributed by atoms with Crippen LogP contribution in [0.1, 0.15) is 18.4 Å². The normalized spacial score (nSPS) is 15.5. The summed E-state index contributed by atoms with van der Waals surface area (Å²) in [5, 5.41) is 8.80. The third-order valence-electron chi connectivity index (χ3n) is 4.36. The molecule has 1 fully saturated rings. The zero-order valence-corrected chi connectivity index (χ0v) is 13.5. The van der Waals surface area contributed by atoms with E-state index >= 15 is 0 Å². The molecule has 0 radical (unpaired) electrons. The Morgan fingerprint density at radius 1 is 1.17 bits per heavy atom. The van der Waals surface area contributed by atoms with Crippen LogP contribution in [0, 0.1) is 12.8 Å². The SMILES string of the molecule is COC(=O)C1CCN(c2nnc(-c3ccccc3)cc2C)CC1. The average Bonchev–Trinajstić information content (AvgIpc) is 2.62. The molecule has 1 saturated heterocycles. The second-order valence-corrected chi connectivity index (χ2v) is 5.89. The van der Waals surface area contributed by atoms with E-state index in [9.17, 15) is 4.79 Å². The van der Waals surface area contributed by atoms with Gasteiger partial charge in [-0.25, -0.2) is 0 Å². The molecule has 2 aromatic rings. The number of carbonyl (C=O) groups is 1. The quantitative estimate of drug-likeness (QED) is 0.816. The molecule has 1 aliphatic heterocycles. The highest BCUT2D eigenvalue weighted by Gasteiger charge is 2.27. The van der Waals surface area contributed by atoms with Gasteiger partial charge >= 0.3 is 5.97 Å². The molecule has 1 aromatic heterocycles. The van der Waals surface area contributed by atoms with Crippen molar-refractivity contribution < 1.29 is 9.53 Å². The van der Waals surface area contributed by atoms with Crippen molar-refractivity contribution in [2.24, 2.45) is 5.92 Å². The zero-order valence-electron chi connectivity index (χ0n) is 13.5. The first-order valence-corrected chi connectivity index (χ1v) is 7.91. The predicted octanol–water partition coefficient (Wildman–Crippen LogP) is 2.84. The van der Waals surface area contributed by atoms with E-state index in [1.165, 1.54) is 7.11 Å². The number of methoxy groups -OCH3 is 1. The molecule has 3 rings (SSSR count). The summed E-state index contributed by atoms with van der Waals surface area (Å²) in [4.78, 5) is 13.8. The number of aryl methyl sites for hydroxylation is 1. The highest BCUT2D eigenvalue weighted by molar-refractivity contribution is 5.72. The van der Waals surface area contributed by atoms with Gasteiger partial charge in [0.25, 0.3) is 0 Å². The van der Waals surface area contributed by atoms with E-state index in [-0.39, 0.29) is 11.9 Å². The van der Waals surface area contributed by atoms with Crippen LogP contribution in [-0.2, 0) is 9.53 Å². The molecular formula is C18H21N3O2. The predicted molar refractivity (Wildman–Crippen MR) is 89.2 cm³/mol. The highest BCUT2D eigenvalue weighted by Crippen LogP contribution is 2.26. The van der Waals surface area contributed by atoms with Crippen LogP contribution in [-0.4, -0.2) is 36.4 Å². The lowest BCUT2D eigenvalue weighted by Gasteiger charge is -2.32. The number of hydrogen-bond donors (Lipinski definition) is 0. The molecule has 0 spiro atoms. The first-order chi connectivity index (χ1) is 11.2. The van der Waals surface area contributed by atoms with Gasteiger partial charge in [-0.05, 0) is 31.4 Å². The standard InChI is InChI=1S/C18H21N3O2/c1-13-12-16(14-6-4-3-5-7-14)19-20-17(13)21-10-8-15(9-11-21)18(22)23-2/h3-7,12,15H,8-11H2,1-2H3. The van der Waals surface area contributed by atoms with Crippen molar-refractivity contribution in [1.82, 2.24) is 10.2 Å². The summed E-state index contributed by atoms with van der Waals surface area (Å²) in [5.74, 6) is 0.813. The first-order valence-electron chi connectivity index (χ1n) is 7.91. The number of benzene rings is 1. The van der Waals surface area contributed by atoms with Crippen molar-refractivity contribution in [2.75, 3.05) is 25.1 Å². The van der Waals surface area contributed by atoms with Crippen molar-refractivity contribution in [3.8, 4) is 11.3 Å². The number of piperidine rings is 1. The number of aromatic nitrogens is 2. The van der Waals surface area contributed by atoms with E-state index in [1.54, 1.807) is 0 Å². The number of rotatable bonds is 3. The monoisotopic (exact) mass is 311 g/mol. The van der Waals surface area contributed by atoms with Crippen LogP contribution in [0.3, 0.4) is 0 Å². The number of esters is 1. The molecule has 2 heterocycles. The molecule has 0 amide bonds. The van der Waals surface area contributed by atoms with Crippen LogP contribution in [0.15, 0.2) is 36.4 Å². The molecule has 0 aliphatic carbocycles. The molecule has 0 bridgehead atoms. The third-order valence-corrected chi connectivity index (χ3v) is 4.36. The van der Waals surface area contributed by atoms with Crippen molar-refractivity contribution in [2.45, 2.75) is 19.8 Å². The van der Waals surface area contributed by atoms with Gasteiger partial charge in [0.05, 0.1) is 18.7 Å². The molecule has 0 saturated carbocycles. The molecule has 5 heteroatoms. The summed E-state index contributed by atoms with van der Waals surface area (Å²) in [6.45, 7) is 3.67. The van der Waals surface area contributed by atoms with Crippen molar-refractivity contribution in [1.29, 1.82) is 0 Å². The van der Waals surface area contributed by atoms with Crippen LogP contribution in [0.5, 0.6) is 0 Å². The van der Waals surface area contributed by atoms with E-state index in [0.717, 1.165) is 48.6 Å². The van der Waals surface area contributed by atoms with Crippen LogP contribution in [0.4, 0.5) is 5.82 Å². The van der Waals surface area contributed by atoms with E-state index in [2.05, 4.69) is 28.1 Å². The minimum absolute atomic E-state index is 0.00751. The van der Waals surface area contributed by atoms with Gasteiger partial charge < -0.3 is 9.64 Å². The van der Waals surface area contributed by atoms with Gasteiger partial charge in [0.2, 0.25) is 0 Å². The summed E-state index contributed by atoms with van der Waals surface area (Å²) in [6, 6.07) is 12.1. The Kier molecular flexibility index (Phi) is 4.55. The van der Waals surface area contributed by atoms with E-state index < -0.39 is 0 Å². The fourth-order valence-corrected chi connectivity index (χ4v) is 3.03. The van der Waals surface area contributed by atoms with Gasteiger partial charge in [-0.1, -0.05) is 30.3 Å². The lowest BCUT2D eigenvalue weighted by Crippen LogP contribution is -2.37. The second-order valence-electron chi connectivity index (χ2n) is 5.89. The summed E-state index contributed by atoms with van der Waals surface area (Å²) in [7, 11) is 1.45. The summed E-state index contributed by atoms with van der Waals surface area (Å²) in [5.41, 5.74) is 3.06. The largest absolute Gasteiger partial charge is 0.469 e. The molecule has 0 N–H and O–H groups in total. The maximum absolute atomic E-state index is 11.6. The topological polar surface area (TPSA) is 55.3 Å². The van der Waals surface area contributed by atoms with Gasteiger partial charge in [0.1, 0.15) is 0 Å². The zero-order chi connectivity index (χ0) is 16.2. The first kappa shape index (κ1) is 15.5. The average molecular weight is 311 g/mol. The van der Waals surface area contributed by atoms with Crippen molar-refractivity contribution in [3.63, 3.8) is 0 Å². The Hall–Kier alpha value is -2.43. The molecule has 0 atom stereocenters. The fraction of sp³-hybridized carbons (Fsp3) is 0.389. The smallest absolute Gasteiger partial charge is 0.308 e. The van der Waals surface area contributed by atoms with Gasteiger partial charge in [-0.15, -0.1) is 10.2 Å². The fourth-order valence-electron chi connectivity index (χ4n) is 3.03. The van der Waals surface area contributed by atoms with Crippen LogP contribution < -0.4 is 4.90 Å². The maximum atomic E-state index is 11.6. The van der Waals surface area contributed by atoms with Gasteiger partial charge in [-0.2, -0.15) is 0 Å². The minimum Gasteiger partial charge on any atom is -0.469 e. The Morgan fingerprint density at radius 2 is 1.87 bits per heavy atom. The number of nitrogens with zero attached hydrogens (tertiary/aromatic N) is 3. The van der Waals surface area contributed by atoms with Gasteiger partial charge in [-0.3, -0.25) is 4.79 Å². The number of ether oxygens (including phenoxy) is 1. The highest BCUT2D eigenvalue weighted by atomic mass is 16.5. The van der Waals surface area contributed by atoms with Crippen LogP contribution >= 0.6 is 0 Å². The Labute approximate surface area is 136 Å². The van der Waals surface area contributed by atoms with E-state index in [0.29, 0.717) is 0 Å². The second kappa shape index (κ2) is 6.77. The van der Waals surface area contributed by atoms with Crippen molar-refractivity contribution in [3.05, 3.63) is 42.0 Å². The lowest BCUT2D eigenvalue weighted by atomic mass is 9.97. The Bertz CT molecular complexity index is 680. The van der Waals surface area contributed by atoms with Gasteiger partial charge in [0, 0.05) is 18.7 Å². The minimum atomic E-state index is -0.105. The molecule has 0 unspecified atom stereocenters. The number of anilines is 1. The van der Waals surface area contributed by atoms with E-state index in [4.69, 9.17) is 4.74 Å². The van der Waals surface area contributed by atoms with Crippen molar-refractivity contribution >= 4 is 11.8 Å². The van der Waals surface area contributed by atoms with Crippen LogP contribution in [0.2, 0.25) is 0 Å². The molecule has 5 nitrogen and oxygen atoms in total. The lowest BCUT2D eigenvalue weighted by molar-refractivity contribution is -0.146. The maximum Gasteiger partial charge on any atom is 0.308 e. The summed E-state index contributed by atoms with van der Waals surface area (Å²) >= 11 is 0. The molecule has 120 valence electrons. The molecular weight excluding hydrogens is 290 g/mol. The Morgan fingerprint density at radius 3 is 2.48 bits per heavy atom. The number of hydrogen-bond acceptors (Lipinski definition) is 5. The summed E-state index contributed by atoms with van der Waals surface area (Å²) < 4.78 is 4.83. The molecule has 23 heavy (non-hydrogen) atoms. The third kappa shape index (κ3) is 3.33. The molecule has 1 aliphatic rings. The van der Waals surface area contributed by atoms with E-state index in [1.807, 2.05) is 30.3 Å². The van der Waals surface area contributed by atoms with Crippen LogP contribution in [0.25, 0.3) is 11.3 Å².